The number of phenolic OH excluding ortho intramolecular Hbond substituents is 2. The highest BCUT2D eigenvalue weighted by Crippen LogP contribution is 2.35. The van der Waals surface area contributed by atoms with Crippen LogP contribution in [0.5, 0.6) is 17.2 Å². The largest absolute Gasteiger partial charge is 0.508 e. The maximum atomic E-state index is 11.6. The normalized spacial score (nSPS) is 13.1. The highest BCUT2D eigenvalue weighted by atomic mass is 32.2. The summed E-state index contributed by atoms with van der Waals surface area (Å²) in [6, 6.07) is 29.5. The second kappa shape index (κ2) is 18.2. The number of aromatic hydroxyl groups is 2. The van der Waals surface area contributed by atoms with E-state index in [-0.39, 0.29) is 23.9 Å². The van der Waals surface area contributed by atoms with Crippen LogP contribution in [-0.2, 0) is 22.9 Å². The van der Waals surface area contributed by atoms with Crippen LogP contribution >= 0.6 is 0 Å². The Morgan fingerprint density at radius 1 is 0.780 bits per heavy atom. The van der Waals surface area contributed by atoms with Crippen molar-refractivity contribution in [1.82, 2.24) is 10.2 Å². The smallest absolute Gasteiger partial charge is 0.229 e. The molecule has 4 aromatic rings. The van der Waals surface area contributed by atoms with Crippen molar-refractivity contribution in [3.63, 3.8) is 0 Å². The Morgan fingerprint density at radius 3 is 2.18 bits per heavy atom. The van der Waals surface area contributed by atoms with Gasteiger partial charge in [0.1, 0.15) is 17.2 Å². The van der Waals surface area contributed by atoms with Crippen LogP contribution in [0.2, 0.25) is 0 Å². The number of anilines is 1. The first-order chi connectivity index (χ1) is 23.8. The van der Waals surface area contributed by atoms with Crippen LogP contribution in [0.3, 0.4) is 0 Å². The summed E-state index contributed by atoms with van der Waals surface area (Å²) in [7, 11) is -3.57. The monoisotopic (exact) mass is 703 g/mol. The van der Waals surface area contributed by atoms with Crippen molar-refractivity contribution in [2.24, 2.45) is 0 Å². The first-order valence-corrected chi connectivity index (χ1v) is 19.2. The minimum absolute atomic E-state index is 0.0263. The Kier molecular flexibility index (Phi) is 14.1. The van der Waals surface area contributed by atoms with E-state index in [9.17, 15) is 23.7 Å². The second-order valence-electron chi connectivity index (χ2n) is 13.4. The van der Waals surface area contributed by atoms with E-state index in [0.29, 0.717) is 49.4 Å². The molecule has 0 aliphatic rings. The molecular formula is C40H53N3O6S. The summed E-state index contributed by atoms with van der Waals surface area (Å²) in [6.45, 7) is 11.2. The maximum Gasteiger partial charge on any atom is 0.229 e. The van der Waals surface area contributed by atoms with Gasteiger partial charge in [-0.05, 0) is 106 Å². The number of aliphatic hydroxyl groups is 1. The second-order valence-corrected chi connectivity index (χ2v) is 15.2. The topological polar surface area (TPSA) is 131 Å². The lowest BCUT2D eigenvalue weighted by molar-refractivity contribution is 0.170. The minimum atomic E-state index is -3.57. The Balaban J connectivity index is 1.31. The van der Waals surface area contributed by atoms with Crippen LogP contribution in [0, 0.1) is 0 Å². The number of rotatable bonds is 19. The van der Waals surface area contributed by atoms with Crippen LogP contribution < -0.4 is 14.8 Å². The van der Waals surface area contributed by atoms with E-state index in [1.165, 1.54) is 17.7 Å². The quantitative estimate of drug-likeness (QED) is 0.0546. The van der Waals surface area contributed by atoms with Crippen LogP contribution in [0.25, 0.3) is 0 Å². The average molecular weight is 704 g/mol. The van der Waals surface area contributed by atoms with Gasteiger partial charge in [0.15, 0.2) is 0 Å². The van der Waals surface area contributed by atoms with Crippen molar-refractivity contribution >= 4 is 15.7 Å². The third-order valence-electron chi connectivity index (χ3n) is 8.86. The van der Waals surface area contributed by atoms with Crippen molar-refractivity contribution in [3.05, 3.63) is 119 Å². The Hall–Kier alpha value is -4.09. The number of hydrogen-bond acceptors (Lipinski definition) is 8. The first kappa shape index (κ1) is 38.7. The van der Waals surface area contributed by atoms with Crippen LogP contribution in [0.4, 0.5) is 5.69 Å². The van der Waals surface area contributed by atoms with E-state index < -0.39 is 16.1 Å². The molecule has 0 amide bonds. The molecular weight excluding hydrogens is 651 g/mol. The lowest BCUT2D eigenvalue weighted by atomic mass is 9.86. The molecule has 0 spiro atoms. The van der Waals surface area contributed by atoms with Gasteiger partial charge in [0.05, 0.1) is 24.7 Å². The number of aliphatic hydroxyl groups excluding tert-OH is 1. The Bertz CT molecular complexity index is 1760. The number of ether oxygens (including phenoxy) is 1. The number of phenols is 2. The van der Waals surface area contributed by atoms with Gasteiger partial charge in [-0.3, -0.25) is 9.62 Å². The van der Waals surface area contributed by atoms with Crippen molar-refractivity contribution in [2.45, 2.75) is 71.1 Å². The molecule has 0 heterocycles. The fourth-order valence-corrected chi connectivity index (χ4v) is 6.89. The van der Waals surface area contributed by atoms with E-state index in [1.807, 2.05) is 36.4 Å². The number of nitrogens with zero attached hydrogens (tertiary/aromatic N) is 1. The molecule has 50 heavy (non-hydrogen) atoms. The summed E-state index contributed by atoms with van der Waals surface area (Å²) in [5, 5.41) is 34.8. The first-order valence-electron chi connectivity index (χ1n) is 17.3. The van der Waals surface area contributed by atoms with Gasteiger partial charge < -0.3 is 25.4 Å². The molecule has 10 heteroatoms. The van der Waals surface area contributed by atoms with Crippen molar-refractivity contribution in [1.29, 1.82) is 0 Å². The summed E-state index contributed by atoms with van der Waals surface area (Å²) in [5.41, 5.74) is 4.84. The summed E-state index contributed by atoms with van der Waals surface area (Å²) in [4.78, 5) is 2.49. The Morgan fingerprint density at radius 2 is 1.48 bits per heavy atom. The number of hydrogen-bond donors (Lipinski definition) is 5. The minimum Gasteiger partial charge on any atom is -0.508 e. The molecule has 5 N–H and O–H groups in total. The lowest BCUT2D eigenvalue weighted by Gasteiger charge is -2.32. The van der Waals surface area contributed by atoms with Gasteiger partial charge in [-0.25, -0.2) is 8.42 Å². The molecule has 4 aromatic carbocycles. The molecule has 0 saturated carbocycles. The number of nitrogens with one attached hydrogen (secondary N) is 2. The number of benzene rings is 4. The molecule has 2 atom stereocenters. The third-order valence-corrected chi connectivity index (χ3v) is 9.45. The molecule has 0 aliphatic heterocycles. The maximum absolute atomic E-state index is 11.6. The third kappa shape index (κ3) is 11.8. The zero-order chi connectivity index (χ0) is 36.3. The fraction of sp³-hybridized carbons (Fsp3) is 0.400. The molecule has 1 unspecified atom stereocenters. The molecule has 0 aliphatic carbocycles. The van der Waals surface area contributed by atoms with E-state index >= 15 is 0 Å². The summed E-state index contributed by atoms with van der Waals surface area (Å²) >= 11 is 0. The van der Waals surface area contributed by atoms with E-state index in [1.54, 1.807) is 12.1 Å². The van der Waals surface area contributed by atoms with Gasteiger partial charge in [0, 0.05) is 36.5 Å². The van der Waals surface area contributed by atoms with Crippen molar-refractivity contribution in [2.75, 3.05) is 37.2 Å². The molecule has 0 fully saturated rings. The molecule has 0 aromatic heterocycles. The predicted molar refractivity (Wildman–Crippen MR) is 202 cm³/mol. The van der Waals surface area contributed by atoms with Crippen molar-refractivity contribution < 1.29 is 28.5 Å². The van der Waals surface area contributed by atoms with Gasteiger partial charge >= 0.3 is 0 Å². The lowest BCUT2D eigenvalue weighted by Crippen LogP contribution is -2.38. The zero-order valence-electron chi connectivity index (χ0n) is 29.8. The van der Waals surface area contributed by atoms with Gasteiger partial charge in [-0.1, -0.05) is 60.7 Å². The fourth-order valence-electron chi connectivity index (χ4n) is 6.33. The van der Waals surface area contributed by atoms with E-state index in [4.69, 9.17) is 4.74 Å². The molecule has 9 nitrogen and oxygen atoms in total. The highest BCUT2D eigenvalue weighted by molar-refractivity contribution is 7.92. The molecule has 0 radical (unpaired) electrons. The van der Waals surface area contributed by atoms with Crippen LogP contribution in [-0.4, -0.2) is 73.2 Å². The predicted octanol–water partition coefficient (Wildman–Crippen LogP) is 6.60. The van der Waals surface area contributed by atoms with E-state index in [0.717, 1.165) is 41.7 Å². The SMILES string of the molecule is CC(C)N(CC[C@H](c1ccccc1)c1cc(CCOc2cccc(CCNCC(O)c3ccc(O)c(NS(C)(=O)=O)c3)c2)ccc1O)C(C)C. The van der Waals surface area contributed by atoms with Crippen LogP contribution in [0.15, 0.2) is 91.0 Å². The van der Waals surface area contributed by atoms with Crippen molar-refractivity contribution in [3.8, 4) is 17.2 Å². The molecule has 4 rings (SSSR count). The highest BCUT2D eigenvalue weighted by Gasteiger charge is 2.22. The Labute approximate surface area is 298 Å². The van der Waals surface area contributed by atoms with Gasteiger partial charge in [0.25, 0.3) is 0 Å². The molecule has 0 saturated heterocycles. The van der Waals surface area contributed by atoms with Crippen LogP contribution in [0.1, 0.15) is 74.0 Å². The van der Waals surface area contributed by atoms with Gasteiger partial charge in [0.2, 0.25) is 10.0 Å². The van der Waals surface area contributed by atoms with Gasteiger partial charge in [-0.15, -0.1) is 0 Å². The molecule has 0 bridgehead atoms. The van der Waals surface area contributed by atoms with E-state index in [2.05, 4.69) is 73.0 Å². The summed E-state index contributed by atoms with van der Waals surface area (Å²) < 4.78 is 31.6. The summed E-state index contributed by atoms with van der Waals surface area (Å²) in [5.74, 6) is 0.951. The molecule has 270 valence electrons. The standard InChI is InChI=1S/C40H53N3O6S/c1-28(2)43(29(3)4)22-19-35(32-11-7-6-8-12-32)36-25-31(14-16-38(36)44)20-23-49-34-13-9-10-30(24-34)18-21-41-27-40(46)33-15-17-39(45)37(26-33)42-50(5,47)48/h6-17,24-26,28-29,35,40-42,44-46H,18-23,27H2,1-5H3/t35-,40?/m1/s1. The summed E-state index contributed by atoms with van der Waals surface area (Å²) in [6.07, 6.45) is 2.42. The number of sulfonamides is 1. The zero-order valence-corrected chi connectivity index (χ0v) is 30.7. The van der Waals surface area contributed by atoms with Gasteiger partial charge in [-0.2, -0.15) is 0 Å². The average Bonchev–Trinajstić information content (AvgIpc) is 3.06.